The van der Waals surface area contributed by atoms with E-state index in [9.17, 15) is 8.78 Å². The fraction of sp³-hybridized carbons (Fsp3) is 0.167. The van der Waals surface area contributed by atoms with Gasteiger partial charge in [0.25, 0.3) is 0 Å². The minimum atomic E-state index is -0.640. The topological polar surface area (TPSA) is 47.0 Å². The van der Waals surface area contributed by atoms with Crippen LogP contribution in [-0.4, -0.2) is 24.1 Å². The van der Waals surface area contributed by atoms with Gasteiger partial charge in [-0.3, -0.25) is 0 Å². The lowest BCUT2D eigenvalue weighted by molar-refractivity contribution is 0.383. The molecule has 0 aliphatic heterocycles. The predicted octanol–water partition coefficient (Wildman–Crippen LogP) is 2.47. The van der Waals surface area contributed by atoms with Crippen molar-refractivity contribution in [3.05, 3.63) is 36.0 Å². The molecular formula is C12H11F2N3O. The molecule has 0 aliphatic rings. The van der Waals surface area contributed by atoms with E-state index >= 15 is 0 Å². The molecule has 6 heteroatoms. The molecule has 0 amide bonds. The fourth-order valence-corrected chi connectivity index (χ4v) is 1.51. The summed E-state index contributed by atoms with van der Waals surface area (Å²) in [6.07, 6.45) is 1.47. The lowest BCUT2D eigenvalue weighted by Gasteiger charge is -2.07. The number of aromatic nitrogens is 2. The summed E-state index contributed by atoms with van der Waals surface area (Å²) in [5.41, 5.74) is 0.362. The van der Waals surface area contributed by atoms with Crippen LogP contribution in [0, 0.1) is 11.6 Å². The van der Waals surface area contributed by atoms with Gasteiger partial charge >= 0.3 is 0 Å². The molecule has 2 aromatic rings. The number of anilines is 1. The van der Waals surface area contributed by atoms with Crippen molar-refractivity contribution >= 4 is 5.95 Å². The van der Waals surface area contributed by atoms with E-state index in [0.29, 0.717) is 11.6 Å². The van der Waals surface area contributed by atoms with Gasteiger partial charge in [-0.25, -0.2) is 18.7 Å². The molecular weight excluding hydrogens is 240 g/mol. The number of ether oxygens (including phenoxy) is 1. The Balaban J connectivity index is 2.53. The Morgan fingerprint density at radius 2 is 2.00 bits per heavy atom. The van der Waals surface area contributed by atoms with E-state index in [2.05, 4.69) is 15.3 Å². The first-order valence-corrected chi connectivity index (χ1v) is 5.20. The van der Waals surface area contributed by atoms with Gasteiger partial charge in [0.2, 0.25) is 5.95 Å². The van der Waals surface area contributed by atoms with Crippen LogP contribution in [0.1, 0.15) is 0 Å². The van der Waals surface area contributed by atoms with Crippen LogP contribution in [0.4, 0.5) is 14.7 Å². The first kappa shape index (κ1) is 12.2. The molecule has 0 unspecified atom stereocenters. The van der Waals surface area contributed by atoms with Gasteiger partial charge < -0.3 is 10.1 Å². The standard InChI is InChI=1S/C12H11F2N3O/c1-15-12-16-4-3-10(17-12)7-5-9(14)11(18-2)6-8(7)13/h3-6H,1-2H3,(H,15,16,17). The molecule has 0 aliphatic carbocycles. The summed E-state index contributed by atoms with van der Waals surface area (Å²) in [5, 5.41) is 2.73. The van der Waals surface area contributed by atoms with Crippen molar-refractivity contribution in [3.63, 3.8) is 0 Å². The van der Waals surface area contributed by atoms with E-state index in [0.717, 1.165) is 12.1 Å². The Labute approximate surface area is 103 Å². The molecule has 1 heterocycles. The Bertz CT molecular complexity index is 575. The summed E-state index contributed by atoms with van der Waals surface area (Å²) in [6, 6.07) is 3.55. The molecule has 0 saturated heterocycles. The minimum absolute atomic E-state index is 0.0622. The van der Waals surface area contributed by atoms with Crippen molar-refractivity contribution in [2.75, 3.05) is 19.5 Å². The van der Waals surface area contributed by atoms with Crippen molar-refractivity contribution in [3.8, 4) is 17.0 Å². The first-order valence-electron chi connectivity index (χ1n) is 5.20. The summed E-state index contributed by atoms with van der Waals surface area (Å²) in [6.45, 7) is 0. The number of hydrogen-bond donors (Lipinski definition) is 1. The lowest BCUT2D eigenvalue weighted by Crippen LogP contribution is -1.99. The van der Waals surface area contributed by atoms with E-state index in [1.165, 1.54) is 19.4 Å². The molecule has 0 spiro atoms. The number of nitrogens with one attached hydrogen (secondary N) is 1. The molecule has 0 atom stereocenters. The molecule has 0 bridgehead atoms. The zero-order chi connectivity index (χ0) is 13.1. The SMILES string of the molecule is CNc1nccc(-c2cc(F)c(OC)cc2F)n1. The molecule has 1 N–H and O–H groups in total. The van der Waals surface area contributed by atoms with Crippen LogP contribution < -0.4 is 10.1 Å². The number of halogens is 2. The third kappa shape index (κ3) is 2.22. The van der Waals surface area contributed by atoms with Gasteiger partial charge in [-0.05, 0) is 12.1 Å². The molecule has 0 fully saturated rings. The summed E-state index contributed by atoms with van der Waals surface area (Å²) < 4.78 is 32.1. The normalized spacial score (nSPS) is 10.2. The molecule has 2 rings (SSSR count). The smallest absolute Gasteiger partial charge is 0.222 e. The third-order valence-electron chi connectivity index (χ3n) is 2.40. The maximum Gasteiger partial charge on any atom is 0.222 e. The van der Waals surface area contributed by atoms with Crippen LogP contribution in [0.2, 0.25) is 0 Å². The maximum atomic E-state index is 13.8. The van der Waals surface area contributed by atoms with E-state index < -0.39 is 11.6 Å². The summed E-state index contributed by atoms with van der Waals surface area (Å²) in [7, 11) is 2.92. The average Bonchev–Trinajstić information content (AvgIpc) is 2.41. The van der Waals surface area contributed by atoms with Gasteiger partial charge in [0, 0.05) is 24.9 Å². The number of nitrogens with zero attached hydrogens (tertiary/aromatic N) is 2. The zero-order valence-corrected chi connectivity index (χ0v) is 9.87. The second kappa shape index (κ2) is 4.95. The highest BCUT2D eigenvalue weighted by molar-refractivity contribution is 5.62. The second-order valence-electron chi connectivity index (χ2n) is 3.48. The van der Waals surface area contributed by atoms with Gasteiger partial charge in [-0.15, -0.1) is 0 Å². The van der Waals surface area contributed by atoms with Gasteiger partial charge in [0.15, 0.2) is 11.6 Å². The predicted molar refractivity (Wildman–Crippen MR) is 63.5 cm³/mol. The lowest BCUT2D eigenvalue weighted by atomic mass is 10.1. The van der Waals surface area contributed by atoms with E-state index in [1.807, 2.05) is 0 Å². The van der Waals surface area contributed by atoms with Crippen LogP contribution in [0.5, 0.6) is 5.75 Å². The summed E-state index contributed by atoms with van der Waals surface area (Å²) in [5.74, 6) is -1.05. The van der Waals surface area contributed by atoms with Crippen molar-refractivity contribution < 1.29 is 13.5 Å². The summed E-state index contributed by atoms with van der Waals surface area (Å²) in [4.78, 5) is 7.96. The van der Waals surface area contributed by atoms with Crippen molar-refractivity contribution in [1.29, 1.82) is 0 Å². The quantitative estimate of drug-likeness (QED) is 0.910. The highest BCUT2D eigenvalue weighted by atomic mass is 19.1. The van der Waals surface area contributed by atoms with Gasteiger partial charge in [-0.1, -0.05) is 0 Å². The van der Waals surface area contributed by atoms with Crippen LogP contribution >= 0.6 is 0 Å². The molecule has 94 valence electrons. The van der Waals surface area contributed by atoms with Crippen LogP contribution in [0.15, 0.2) is 24.4 Å². The highest BCUT2D eigenvalue weighted by Crippen LogP contribution is 2.27. The van der Waals surface area contributed by atoms with Crippen molar-refractivity contribution in [2.45, 2.75) is 0 Å². The Kier molecular flexibility index (Phi) is 3.36. The van der Waals surface area contributed by atoms with Gasteiger partial charge in [0.05, 0.1) is 12.8 Å². The van der Waals surface area contributed by atoms with Crippen LogP contribution in [0.3, 0.4) is 0 Å². The monoisotopic (exact) mass is 251 g/mol. The highest BCUT2D eigenvalue weighted by Gasteiger charge is 2.13. The molecule has 1 aromatic carbocycles. The Morgan fingerprint density at radius 3 is 2.67 bits per heavy atom. The molecule has 0 saturated carbocycles. The molecule has 0 radical (unpaired) electrons. The van der Waals surface area contributed by atoms with Crippen molar-refractivity contribution in [2.24, 2.45) is 0 Å². The van der Waals surface area contributed by atoms with E-state index in [4.69, 9.17) is 4.74 Å². The van der Waals surface area contributed by atoms with E-state index in [1.54, 1.807) is 7.05 Å². The average molecular weight is 251 g/mol. The second-order valence-corrected chi connectivity index (χ2v) is 3.48. The number of rotatable bonds is 3. The fourth-order valence-electron chi connectivity index (χ4n) is 1.51. The van der Waals surface area contributed by atoms with Crippen molar-refractivity contribution in [1.82, 2.24) is 9.97 Å². The third-order valence-corrected chi connectivity index (χ3v) is 2.40. The number of methoxy groups -OCH3 is 1. The first-order chi connectivity index (χ1) is 8.65. The molecule has 1 aromatic heterocycles. The minimum Gasteiger partial charge on any atom is -0.494 e. The largest absolute Gasteiger partial charge is 0.494 e. The number of benzene rings is 1. The van der Waals surface area contributed by atoms with E-state index in [-0.39, 0.29) is 11.3 Å². The van der Waals surface area contributed by atoms with Gasteiger partial charge in [-0.2, -0.15) is 0 Å². The van der Waals surface area contributed by atoms with Crippen LogP contribution in [0.25, 0.3) is 11.3 Å². The number of hydrogen-bond acceptors (Lipinski definition) is 4. The summed E-state index contributed by atoms with van der Waals surface area (Å²) >= 11 is 0. The Morgan fingerprint density at radius 1 is 1.22 bits per heavy atom. The maximum absolute atomic E-state index is 13.8. The Hall–Kier alpha value is -2.24. The van der Waals surface area contributed by atoms with Gasteiger partial charge in [0.1, 0.15) is 5.82 Å². The molecule has 4 nitrogen and oxygen atoms in total. The van der Waals surface area contributed by atoms with Crippen LogP contribution in [-0.2, 0) is 0 Å². The molecule has 18 heavy (non-hydrogen) atoms. The zero-order valence-electron chi connectivity index (χ0n) is 9.87.